The van der Waals surface area contributed by atoms with Gasteiger partial charge in [0, 0.05) is 19.0 Å². The van der Waals surface area contributed by atoms with Crippen LogP contribution in [-0.4, -0.2) is 56.9 Å². The van der Waals surface area contributed by atoms with Crippen LogP contribution in [0.4, 0.5) is 4.39 Å². The molecule has 0 radical (unpaired) electrons. The zero-order valence-corrected chi connectivity index (χ0v) is 12.9. The van der Waals surface area contributed by atoms with Crippen LogP contribution in [0.25, 0.3) is 0 Å². The van der Waals surface area contributed by atoms with Crippen molar-refractivity contribution in [2.45, 2.75) is 50.5 Å². The molecule has 3 rings (SSSR count). The van der Waals surface area contributed by atoms with Crippen molar-refractivity contribution in [1.29, 1.82) is 5.26 Å². The lowest BCUT2D eigenvalue weighted by Crippen LogP contribution is -2.43. The lowest BCUT2D eigenvalue weighted by Gasteiger charge is -2.21. The highest BCUT2D eigenvalue weighted by Crippen LogP contribution is 2.27. The third kappa shape index (κ3) is 3.85. The van der Waals surface area contributed by atoms with Gasteiger partial charge in [-0.15, -0.1) is 0 Å². The van der Waals surface area contributed by atoms with E-state index in [4.69, 9.17) is 5.26 Å². The minimum absolute atomic E-state index is 0.0400. The summed E-state index contributed by atoms with van der Waals surface area (Å²) in [6.45, 7) is 1.06. The van der Waals surface area contributed by atoms with E-state index < -0.39 is 12.2 Å². The number of carbonyl (C=O) groups excluding carboxylic acids is 1. The summed E-state index contributed by atoms with van der Waals surface area (Å²) in [5.41, 5.74) is 0. The van der Waals surface area contributed by atoms with Gasteiger partial charge in [-0.05, 0) is 25.2 Å². The molecule has 2 aliphatic rings. The monoisotopic (exact) mass is 320 g/mol. The lowest BCUT2D eigenvalue weighted by atomic mass is 10.1. The van der Waals surface area contributed by atoms with Crippen LogP contribution in [0.5, 0.6) is 0 Å². The van der Waals surface area contributed by atoms with Crippen molar-refractivity contribution in [2.24, 2.45) is 5.92 Å². The van der Waals surface area contributed by atoms with E-state index in [1.54, 1.807) is 6.33 Å². The highest BCUT2D eigenvalue weighted by Gasteiger charge is 2.35. The van der Waals surface area contributed by atoms with E-state index in [0.29, 0.717) is 5.92 Å². The summed E-state index contributed by atoms with van der Waals surface area (Å²) in [7, 11) is 0. The second-order valence-corrected chi connectivity index (χ2v) is 6.40. The van der Waals surface area contributed by atoms with Crippen molar-refractivity contribution in [3.8, 4) is 6.07 Å². The van der Waals surface area contributed by atoms with Gasteiger partial charge in [0.2, 0.25) is 5.91 Å². The minimum atomic E-state index is -1.08. The normalized spacial score (nSPS) is 30.5. The van der Waals surface area contributed by atoms with Crippen LogP contribution >= 0.6 is 0 Å². The first-order chi connectivity index (χ1) is 11.2. The molecule has 0 spiro atoms. The maximum absolute atomic E-state index is 13.4. The molecule has 1 amide bonds. The van der Waals surface area contributed by atoms with Crippen LogP contribution in [0.2, 0.25) is 0 Å². The van der Waals surface area contributed by atoms with Gasteiger partial charge in [0.15, 0.2) is 0 Å². The van der Waals surface area contributed by atoms with Gasteiger partial charge in [0.1, 0.15) is 24.9 Å². The van der Waals surface area contributed by atoms with E-state index in [-0.39, 0.29) is 31.5 Å². The van der Waals surface area contributed by atoms with Gasteiger partial charge in [0.05, 0.1) is 19.2 Å². The summed E-state index contributed by atoms with van der Waals surface area (Å²) in [6, 6.07) is 1.67. The fraction of sp³-hybridized carbons (Fsp3) is 0.733. The number of aromatic nitrogens is 3. The van der Waals surface area contributed by atoms with Gasteiger partial charge < -0.3 is 10.2 Å². The Morgan fingerprint density at radius 3 is 3.04 bits per heavy atom. The first-order valence-corrected chi connectivity index (χ1v) is 8.04. The molecule has 2 heterocycles. The van der Waals surface area contributed by atoms with E-state index in [0.717, 1.165) is 25.8 Å². The number of amides is 1. The summed E-state index contributed by atoms with van der Waals surface area (Å²) in [5.74, 6) is 0.342. The SMILES string of the molecule is N#C[C@H]1C[C@@H](F)CN1C(=O)CN[C@@H]1CC[C@H](Cn2cncn2)C1. The number of nitriles is 1. The van der Waals surface area contributed by atoms with Gasteiger partial charge in [-0.25, -0.2) is 9.37 Å². The molecule has 0 bridgehead atoms. The molecule has 7 nitrogen and oxygen atoms in total. The molecule has 8 heteroatoms. The van der Waals surface area contributed by atoms with Crippen LogP contribution in [0.1, 0.15) is 25.7 Å². The summed E-state index contributed by atoms with van der Waals surface area (Å²) in [6.07, 6.45) is 5.38. The maximum Gasteiger partial charge on any atom is 0.237 e. The lowest BCUT2D eigenvalue weighted by molar-refractivity contribution is -0.130. The van der Waals surface area contributed by atoms with Crippen molar-refractivity contribution < 1.29 is 9.18 Å². The second-order valence-electron chi connectivity index (χ2n) is 6.40. The van der Waals surface area contributed by atoms with Gasteiger partial charge in [0.25, 0.3) is 0 Å². The first kappa shape index (κ1) is 15.9. The molecule has 1 aromatic heterocycles. The molecule has 0 unspecified atom stereocenters. The average molecular weight is 320 g/mol. The van der Waals surface area contributed by atoms with E-state index in [1.165, 1.54) is 11.2 Å². The quantitative estimate of drug-likeness (QED) is 0.853. The van der Waals surface area contributed by atoms with Gasteiger partial charge in [-0.3, -0.25) is 9.48 Å². The van der Waals surface area contributed by atoms with Crippen LogP contribution in [0, 0.1) is 17.2 Å². The van der Waals surface area contributed by atoms with Gasteiger partial charge in [-0.2, -0.15) is 10.4 Å². The third-order valence-electron chi connectivity index (χ3n) is 4.71. The zero-order valence-electron chi connectivity index (χ0n) is 12.9. The van der Waals surface area contributed by atoms with Crippen molar-refractivity contribution >= 4 is 5.91 Å². The predicted octanol–water partition coefficient (Wildman–Crippen LogP) is 0.499. The molecule has 1 N–H and O–H groups in total. The number of hydrogen-bond donors (Lipinski definition) is 1. The zero-order chi connectivity index (χ0) is 16.2. The molecule has 1 saturated heterocycles. The van der Waals surface area contributed by atoms with E-state index in [2.05, 4.69) is 15.4 Å². The fourth-order valence-electron chi connectivity index (χ4n) is 3.53. The maximum atomic E-state index is 13.4. The van der Waals surface area contributed by atoms with Gasteiger partial charge >= 0.3 is 0 Å². The number of nitrogens with zero attached hydrogens (tertiary/aromatic N) is 5. The van der Waals surface area contributed by atoms with Crippen LogP contribution in [0.15, 0.2) is 12.7 Å². The minimum Gasteiger partial charge on any atom is -0.323 e. The molecule has 1 aromatic rings. The number of alkyl halides is 1. The number of hydrogen-bond acceptors (Lipinski definition) is 5. The number of likely N-dealkylation sites (tertiary alicyclic amines) is 1. The smallest absolute Gasteiger partial charge is 0.237 e. The van der Waals surface area contributed by atoms with Crippen LogP contribution < -0.4 is 5.32 Å². The predicted molar refractivity (Wildman–Crippen MR) is 79.8 cm³/mol. The Labute approximate surface area is 134 Å². The van der Waals surface area contributed by atoms with Crippen molar-refractivity contribution in [1.82, 2.24) is 25.0 Å². The number of rotatable bonds is 5. The molecule has 124 valence electrons. The van der Waals surface area contributed by atoms with Crippen LogP contribution in [-0.2, 0) is 11.3 Å². The summed E-state index contributed by atoms with van der Waals surface area (Å²) in [4.78, 5) is 17.5. The molecule has 0 aromatic carbocycles. The largest absolute Gasteiger partial charge is 0.323 e. The molecule has 1 aliphatic carbocycles. The number of carbonyl (C=O) groups is 1. The van der Waals surface area contributed by atoms with Crippen molar-refractivity contribution in [3.63, 3.8) is 0 Å². The fourth-order valence-corrected chi connectivity index (χ4v) is 3.53. The summed E-state index contributed by atoms with van der Waals surface area (Å²) in [5, 5.41) is 16.4. The Kier molecular flexibility index (Phi) is 4.86. The van der Waals surface area contributed by atoms with Gasteiger partial charge in [-0.1, -0.05) is 0 Å². The topological polar surface area (TPSA) is 86.8 Å². The Morgan fingerprint density at radius 2 is 2.30 bits per heavy atom. The molecule has 1 saturated carbocycles. The number of halogens is 1. The number of nitrogens with one attached hydrogen (secondary N) is 1. The molecular formula is C15H21FN6O. The van der Waals surface area contributed by atoms with E-state index >= 15 is 0 Å². The first-order valence-electron chi connectivity index (χ1n) is 8.04. The Bertz CT molecular complexity index is 571. The molecule has 23 heavy (non-hydrogen) atoms. The van der Waals surface area contributed by atoms with Crippen molar-refractivity contribution in [2.75, 3.05) is 13.1 Å². The highest BCUT2D eigenvalue weighted by molar-refractivity contribution is 5.79. The van der Waals surface area contributed by atoms with E-state index in [1.807, 2.05) is 10.8 Å². The second kappa shape index (κ2) is 7.04. The summed E-state index contributed by atoms with van der Waals surface area (Å²) >= 11 is 0. The van der Waals surface area contributed by atoms with Crippen molar-refractivity contribution in [3.05, 3.63) is 12.7 Å². The molecule has 4 atom stereocenters. The summed E-state index contributed by atoms with van der Waals surface area (Å²) < 4.78 is 15.2. The van der Waals surface area contributed by atoms with Crippen LogP contribution in [0.3, 0.4) is 0 Å². The average Bonchev–Trinajstić information content (AvgIpc) is 3.26. The Hall–Kier alpha value is -2.01. The Balaban J connectivity index is 1.42. The standard InChI is InChI=1S/C15H21FN6O/c16-12-4-14(5-17)22(8-12)15(23)6-19-13-2-1-11(3-13)7-21-10-18-9-20-21/h9-14,19H,1-4,6-8H2/t11-,12+,13+,14+/m0/s1. The highest BCUT2D eigenvalue weighted by atomic mass is 19.1. The third-order valence-corrected chi connectivity index (χ3v) is 4.71. The molecule has 1 aliphatic heterocycles. The Morgan fingerprint density at radius 1 is 1.43 bits per heavy atom. The molecular weight excluding hydrogens is 299 g/mol. The molecule has 2 fully saturated rings. The van der Waals surface area contributed by atoms with E-state index in [9.17, 15) is 9.18 Å².